The number of fused-ring (bicyclic) bond motifs is 1. The van der Waals surface area contributed by atoms with Crippen molar-refractivity contribution in [2.75, 3.05) is 6.54 Å². The standard InChI is InChI=1S/C17H17Cl2N3O/c18-13-2-1-3-14(19)12(13)8-22-7-6-11-15(9-22)20-16(10-4-5-10)21-17(11)23/h1-3,10H,4-9H2,(H,20,21,23). The smallest absolute Gasteiger partial charge is 0.254 e. The van der Waals surface area contributed by atoms with Crippen molar-refractivity contribution >= 4 is 23.2 Å². The van der Waals surface area contributed by atoms with Crippen molar-refractivity contribution < 1.29 is 0 Å². The van der Waals surface area contributed by atoms with Crippen LogP contribution in [0.2, 0.25) is 10.0 Å². The zero-order chi connectivity index (χ0) is 16.0. The fourth-order valence-corrected chi connectivity index (χ4v) is 3.62. The summed E-state index contributed by atoms with van der Waals surface area (Å²) in [6, 6.07) is 5.56. The van der Waals surface area contributed by atoms with E-state index in [9.17, 15) is 4.79 Å². The van der Waals surface area contributed by atoms with E-state index in [4.69, 9.17) is 28.2 Å². The van der Waals surface area contributed by atoms with Crippen molar-refractivity contribution in [2.45, 2.75) is 38.3 Å². The van der Waals surface area contributed by atoms with Gasteiger partial charge in [-0.15, -0.1) is 0 Å². The van der Waals surface area contributed by atoms with Crippen LogP contribution >= 0.6 is 23.2 Å². The van der Waals surface area contributed by atoms with E-state index in [0.29, 0.717) is 35.5 Å². The molecule has 0 radical (unpaired) electrons. The fraction of sp³-hybridized carbons (Fsp3) is 0.412. The number of nitrogens with zero attached hydrogens (tertiary/aromatic N) is 2. The van der Waals surface area contributed by atoms with Gasteiger partial charge in [0, 0.05) is 46.7 Å². The molecule has 4 rings (SSSR count). The van der Waals surface area contributed by atoms with E-state index in [-0.39, 0.29) is 5.56 Å². The Balaban J connectivity index is 1.60. The van der Waals surface area contributed by atoms with Gasteiger partial charge >= 0.3 is 0 Å². The Hall–Kier alpha value is -1.36. The maximum Gasteiger partial charge on any atom is 0.254 e. The van der Waals surface area contributed by atoms with Crippen LogP contribution in [-0.4, -0.2) is 21.4 Å². The SMILES string of the molecule is O=c1[nH]c(C2CC2)nc2c1CCN(Cc1c(Cl)cccc1Cl)C2. The van der Waals surface area contributed by atoms with Gasteiger partial charge in [0.1, 0.15) is 5.82 Å². The van der Waals surface area contributed by atoms with Crippen molar-refractivity contribution in [3.63, 3.8) is 0 Å². The molecule has 0 atom stereocenters. The lowest BCUT2D eigenvalue weighted by molar-refractivity contribution is 0.240. The highest BCUT2D eigenvalue weighted by Gasteiger charge is 2.29. The van der Waals surface area contributed by atoms with E-state index >= 15 is 0 Å². The second-order valence-electron chi connectivity index (χ2n) is 6.31. The van der Waals surface area contributed by atoms with Gasteiger partial charge in [-0.1, -0.05) is 29.3 Å². The molecule has 4 nitrogen and oxygen atoms in total. The Morgan fingerprint density at radius 3 is 2.70 bits per heavy atom. The molecule has 2 heterocycles. The first-order valence-corrected chi connectivity index (χ1v) is 8.64. The van der Waals surface area contributed by atoms with E-state index in [1.807, 2.05) is 18.2 Å². The van der Waals surface area contributed by atoms with Gasteiger partial charge in [-0.2, -0.15) is 0 Å². The normalized spacial score (nSPS) is 18.0. The van der Waals surface area contributed by atoms with Gasteiger partial charge in [0.2, 0.25) is 0 Å². The summed E-state index contributed by atoms with van der Waals surface area (Å²) in [4.78, 5) is 22.1. The van der Waals surface area contributed by atoms with Crippen molar-refractivity contribution in [3.8, 4) is 0 Å². The molecule has 0 amide bonds. The van der Waals surface area contributed by atoms with Gasteiger partial charge in [0.05, 0.1) is 5.69 Å². The first kappa shape index (κ1) is 15.2. The summed E-state index contributed by atoms with van der Waals surface area (Å²) in [5, 5.41) is 1.36. The number of hydrogen-bond donors (Lipinski definition) is 1. The molecule has 1 aromatic carbocycles. The highest BCUT2D eigenvalue weighted by atomic mass is 35.5. The van der Waals surface area contributed by atoms with Crippen molar-refractivity contribution in [1.29, 1.82) is 0 Å². The molecular formula is C17H17Cl2N3O. The highest BCUT2D eigenvalue weighted by molar-refractivity contribution is 6.35. The minimum Gasteiger partial charge on any atom is -0.310 e. The number of halogens is 2. The van der Waals surface area contributed by atoms with Gasteiger partial charge in [-0.05, 0) is 31.4 Å². The molecule has 1 aliphatic carbocycles. The van der Waals surface area contributed by atoms with Gasteiger partial charge in [0.15, 0.2) is 0 Å². The number of rotatable bonds is 3. The molecule has 1 aliphatic heterocycles. The quantitative estimate of drug-likeness (QED) is 0.922. The third kappa shape index (κ3) is 3.03. The van der Waals surface area contributed by atoms with Crippen LogP contribution in [-0.2, 0) is 19.5 Å². The highest BCUT2D eigenvalue weighted by Crippen LogP contribution is 2.38. The van der Waals surface area contributed by atoms with Gasteiger partial charge in [0.25, 0.3) is 5.56 Å². The topological polar surface area (TPSA) is 49.0 Å². The maximum absolute atomic E-state index is 12.2. The Kier molecular flexibility index (Phi) is 3.92. The Morgan fingerprint density at radius 1 is 1.26 bits per heavy atom. The number of nitrogens with one attached hydrogen (secondary N) is 1. The number of aromatic amines is 1. The Morgan fingerprint density at radius 2 is 2.00 bits per heavy atom. The molecule has 0 unspecified atom stereocenters. The monoisotopic (exact) mass is 349 g/mol. The number of H-pyrrole nitrogens is 1. The molecule has 1 fully saturated rings. The lowest BCUT2D eigenvalue weighted by atomic mass is 10.1. The molecule has 1 saturated carbocycles. The second kappa shape index (κ2) is 5.93. The molecule has 1 N–H and O–H groups in total. The Labute approximate surface area is 144 Å². The molecule has 0 spiro atoms. The van der Waals surface area contributed by atoms with Crippen LogP contribution < -0.4 is 5.56 Å². The average molecular weight is 350 g/mol. The van der Waals surface area contributed by atoms with Crippen molar-refractivity contribution in [1.82, 2.24) is 14.9 Å². The van der Waals surface area contributed by atoms with Crippen LogP contribution in [0.25, 0.3) is 0 Å². The third-order valence-corrected chi connectivity index (χ3v) is 5.29. The number of aromatic nitrogens is 2. The number of benzene rings is 1. The Bertz CT molecular complexity index is 794. The largest absolute Gasteiger partial charge is 0.310 e. The van der Waals surface area contributed by atoms with E-state index in [2.05, 4.69) is 9.88 Å². The zero-order valence-corrected chi connectivity index (χ0v) is 14.1. The first-order valence-electron chi connectivity index (χ1n) is 7.89. The molecule has 23 heavy (non-hydrogen) atoms. The summed E-state index contributed by atoms with van der Waals surface area (Å²) in [5.74, 6) is 1.30. The van der Waals surface area contributed by atoms with Gasteiger partial charge < -0.3 is 4.98 Å². The summed E-state index contributed by atoms with van der Waals surface area (Å²) in [6.45, 7) is 2.15. The van der Waals surface area contributed by atoms with E-state index < -0.39 is 0 Å². The fourth-order valence-electron chi connectivity index (χ4n) is 3.11. The van der Waals surface area contributed by atoms with Gasteiger partial charge in [-0.3, -0.25) is 9.69 Å². The first-order chi connectivity index (χ1) is 11.1. The van der Waals surface area contributed by atoms with Gasteiger partial charge in [-0.25, -0.2) is 4.98 Å². The van der Waals surface area contributed by atoms with Crippen molar-refractivity contribution in [3.05, 3.63) is 61.2 Å². The molecule has 0 saturated heterocycles. The molecule has 1 aromatic heterocycles. The average Bonchev–Trinajstić information content (AvgIpc) is 3.35. The molecule has 120 valence electrons. The van der Waals surface area contributed by atoms with Crippen LogP contribution in [0.1, 0.15) is 41.4 Å². The summed E-state index contributed by atoms with van der Waals surface area (Å²) < 4.78 is 0. The van der Waals surface area contributed by atoms with Crippen LogP contribution in [0.4, 0.5) is 0 Å². The molecule has 0 bridgehead atoms. The minimum atomic E-state index is 0.0346. The second-order valence-corrected chi connectivity index (χ2v) is 7.13. The van der Waals surface area contributed by atoms with E-state index in [1.165, 1.54) is 0 Å². The maximum atomic E-state index is 12.2. The van der Waals surface area contributed by atoms with Crippen LogP contribution in [0.3, 0.4) is 0 Å². The third-order valence-electron chi connectivity index (χ3n) is 4.58. The lowest BCUT2D eigenvalue weighted by Gasteiger charge is -2.28. The predicted octanol–water partition coefficient (Wildman–Crippen LogP) is 3.51. The summed E-state index contributed by atoms with van der Waals surface area (Å²) in [6.07, 6.45) is 2.96. The molecular weight excluding hydrogens is 333 g/mol. The minimum absolute atomic E-state index is 0.0346. The van der Waals surface area contributed by atoms with Crippen LogP contribution in [0.5, 0.6) is 0 Å². The van der Waals surface area contributed by atoms with Crippen molar-refractivity contribution in [2.24, 2.45) is 0 Å². The van der Waals surface area contributed by atoms with E-state index in [0.717, 1.165) is 42.0 Å². The predicted molar refractivity (Wildman–Crippen MR) is 91.1 cm³/mol. The number of hydrogen-bond acceptors (Lipinski definition) is 3. The molecule has 6 heteroatoms. The van der Waals surface area contributed by atoms with Crippen LogP contribution in [0.15, 0.2) is 23.0 Å². The zero-order valence-electron chi connectivity index (χ0n) is 12.6. The van der Waals surface area contributed by atoms with E-state index in [1.54, 1.807) is 0 Å². The summed E-state index contributed by atoms with van der Waals surface area (Å²) in [5.41, 5.74) is 2.71. The van der Waals surface area contributed by atoms with Crippen LogP contribution in [0, 0.1) is 0 Å². The summed E-state index contributed by atoms with van der Waals surface area (Å²) >= 11 is 12.5. The summed E-state index contributed by atoms with van der Waals surface area (Å²) in [7, 11) is 0. The molecule has 2 aromatic rings. The lowest BCUT2D eigenvalue weighted by Crippen LogP contribution is -2.35. The molecule has 2 aliphatic rings.